The molecule has 0 amide bonds. The minimum Gasteiger partial charge on any atom is -0.456 e. The topological polar surface area (TPSA) is 43.2 Å². The van der Waals surface area contributed by atoms with Crippen LogP contribution in [0.5, 0.6) is 0 Å². The Kier molecular flexibility index (Phi) is 6.37. The molecular formula is C52H35BN2O2S. The van der Waals surface area contributed by atoms with E-state index in [4.69, 9.17) is 8.83 Å². The average molecular weight is 763 g/mol. The largest absolute Gasteiger partial charge is 0.456 e. The predicted octanol–water partition coefficient (Wildman–Crippen LogP) is 13.4. The summed E-state index contributed by atoms with van der Waals surface area (Å²) in [6.07, 6.45) is 0. The molecule has 0 saturated heterocycles. The van der Waals surface area contributed by atoms with Crippen LogP contribution in [0.4, 0.5) is 11.4 Å². The van der Waals surface area contributed by atoms with Gasteiger partial charge in [-0.15, -0.1) is 11.3 Å². The molecule has 4 nitrogen and oxygen atoms in total. The van der Waals surface area contributed by atoms with E-state index in [1.54, 1.807) is 0 Å². The van der Waals surface area contributed by atoms with Crippen molar-refractivity contribution < 1.29 is 8.83 Å². The van der Waals surface area contributed by atoms with Gasteiger partial charge in [0.15, 0.2) is 7.28 Å². The molecule has 1 aliphatic heterocycles. The fourth-order valence-electron chi connectivity index (χ4n) is 9.77. The zero-order valence-electron chi connectivity index (χ0n) is 32.2. The summed E-state index contributed by atoms with van der Waals surface area (Å²) in [5.41, 5.74) is 15.7. The van der Waals surface area contributed by atoms with Crippen LogP contribution in [0.2, 0.25) is 0 Å². The number of benzene rings is 8. The number of hydrogen-bond donors (Lipinski definition) is 1. The molecule has 1 N–H and O–H groups in total. The van der Waals surface area contributed by atoms with Gasteiger partial charge in [0.1, 0.15) is 22.3 Å². The molecule has 0 spiro atoms. The molecule has 274 valence electrons. The molecule has 13 rings (SSSR count). The monoisotopic (exact) mass is 762 g/mol. The number of nitrogens with one attached hydrogen (secondary N) is 1. The van der Waals surface area contributed by atoms with E-state index in [1.165, 1.54) is 64.4 Å². The summed E-state index contributed by atoms with van der Waals surface area (Å²) in [4.78, 5) is 0. The van der Waals surface area contributed by atoms with E-state index in [1.807, 2.05) is 17.4 Å². The molecule has 1 aliphatic rings. The maximum atomic E-state index is 6.77. The number of rotatable bonds is 3. The summed E-state index contributed by atoms with van der Waals surface area (Å²) in [5.74, 6) is 0. The fraction of sp³-hybridized carbons (Fsp3) is 0.0769. The van der Waals surface area contributed by atoms with Crippen LogP contribution in [0.15, 0.2) is 154 Å². The summed E-state index contributed by atoms with van der Waals surface area (Å²) in [5, 5.41) is 13.4. The van der Waals surface area contributed by atoms with Crippen molar-refractivity contribution in [2.45, 2.75) is 26.2 Å². The highest BCUT2D eigenvalue weighted by molar-refractivity contribution is 7.25. The highest BCUT2D eigenvalue weighted by Crippen LogP contribution is 2.45. The first-order valence-corrected chi connectivity index (χ1v) is 20.9. The predicted molar refractivity (Wildman–Crippen MR) is 249 cm³/mol. The van der Waals surface area contributed by atoms with Gasteiger partial charge in [-0.2, -0.15) is 0 Å². The lowest BCUT2D eigenvalue weighted by atomic mass is 9.59. The van der Waals surface area contributed by atoms with E-state index in [0.29, 0.717) is 0 Å². The molecule has 0 fully saturated rings. The van der Waals surface area contributed by atoms with Gasteiger partial charge in [-0.1, -0.05) is 105 Å². The average Bonchev–Trinajstić information content (AvgIpc) is 3.99. The minimum atomic E-state index is 0.0778. The van der Waals surface area contributed by atoms with Crippen LogP contribution in [-0.4, -0.2) is 11.8 Å². The third-order valence-corrected chi connectivity index (χ3v) is 13.7. The molecule has 0 atom stereocenters. The smallest absolute Gasteiger partial charge is 0.198 e. The number of thiophene rings is 1. The second kappa shape index (κ2) is 11.4. The summed E-state index contributed by atoms with van der Waals surface area (Å²) < 4.78 is 18.4. The second-order valence-corrected chi connectivity index (χ2v) is 18.0. The maximum absolute atomic E-state index is 6.77. The van der Waals surface area contributed by atoms with Gasteiger partial charge in [0.25, 0.3) is 0 Å². The van der Waals surface area contributed by atoms with Crippen molar-refractivity contribution in [2.75, 3.05) is 5.32 Å². The summed E-state index contributed by atoms with van der Waals surface area (Å²) in [7, 11) is 0.761. The van der Waals surface area contributed by atoms with Crippen molar-refractivity contribution in [2.24, 2.45) is 0 Å². The third kappa shape index (κ3) is 4.46. The Morgan fingerprint density at radius 1 is 0.569 bits per heavy atom. The van der Waals surface area contributed by atoms with Gasteiger partial charge in [0.2, 0.25) is 0 Å². The SMILES string of the molecule is CC(C)(C)c1ccc(Nc2cc3sc4ccccc4c3cc2-c2ccc3c4c5oc6ccccc6c5ccc4n4c3c2Bc2cc3oc5ccccc5c3cc2-4)cc1. The number of furan rings is 2. The quantitative estimate of drug-likeness (QED) is 0.182. The fourth-order valence-corrected chi connectivity index (χ4v) is 10.9. The molecule has 6 heteroatoms. The molecule has 4 aromatic heterocycles. The van der Waals surface area contributed by atoms with Gasteiger partial charge in [0.05, 0.1) is 10.9 Å². The Hall–Kier alpha value is -6.76. The number of fused-ring (bicyclic) bond motifs is 15. The Labute approximate surface area is 338 Å². The molecule has 58 heavy (non-hydrogen) atoms. The van der Waals surface area contributed by atoms with E-state index in [-0.39, 0.29) is 5.41 Å². The van der Waals surface area contributed by atoms with Gasteiger partial charge in [-0.25, -0.2) is 0 Å². The van der Waals surface area contributed by atoms with Crippen LogP contribution in [0.1, 0.15) is 26.3 Å². The molecule has 0 saturated carbocycles. The van der Waals surface area contributed by atoms with Crippen LogP contribution in [0.3, 0.4) is 0 Å². The van der Waals surface area contributed by atoms with Gasteiger partial charge < -0.3 is 18.7 Å². The molecule has 8 aromatic carbocycles. The van der Waals surface area contributed by atoms with Crippen molar-refractivity contribution in [3.05, 3.63) is 151 Å². The molecule has 5 heterocycles. The highest BCUT2D eigenvalue weighted by Gasteiger charge is 2.30. The lowest BCUT2D eigenvalue weighted by Crippen LogP contribution is -2.37. The maximum Gasteiger partial charge on any atom is 0.198 e. The lowest BCUT2D eigenvalue weighted by Gasteiger charge is -2.24. The van der Waals surface area contributed by atoms with Crippen LogP contribution in [0, 0.1) is 0 Å². The third-order valence-electron chi connectivity index (χ3n) is 12.6. The van der Waals surface area contributed by atoms with E-state index >= 15 is 0 Å². The molecule has 0 bridgehead atoms. The van der Waals surface area contributed by atoms with Crippen molar-refractivity contribution >= 4 is 127 Å². The van der Waals surface area contributed by atoms with Crippen molar-refractivity contribution in [3.8, 4) is 16.8 Å². The van der Waals surface area contributed by atoms with Crippen molar-refractivity contribution in [3.63, 3.8) is 0 Å². The normalized spacial score (nSPS) is 12.9. The summed E-state index contributed by atoms with van der Waals surface area (Å²) >= 11 is 1.86. The van der Waals surface area contributed by atoms with Crippen LogP contribution in [-0.2, 0) is 5.41 Å². The first-order valence-electron chi connectivity index (χ1n) is 20.0. The Morgan fingerprint density at radius 3 is 2.10 bits per heavy atom. The number of para-hydroxylation sites is 2. The molecule has 0 radical (unpaired) electrons. The van der Waals surface area contributed by atoms with E-state index in [9.17, 15) is 0 Å². The van der Waals surface area contributed by atoms with E-state index in [0.717, 1.165) is 73.4 Å². The van der Waals surface area contributed by atoms with Crippen LogP contribution < -0.4 is 16.2 Å². The van der Waals surface area contributed by atoms with Crippen LogP contribution in [0.25, 0.3) is 103 Å². The highest BCUT2D eigenvalue weighted by atomic mass is 32.1. The Balaban J connectivity index is 1.13. The van der Waals surface area contributed by atoms with Gasteiger partial charge in [-0.3, -0.25) is 0 Å². The standard InChI is InChI=1S/C52H35BN2O2S/c1-52(2,3)28-16-18-29(19-17-28)54-40-27-47-38(32-12-6-9-15-46(32)58-47)24-36(40)33-20-21-35-48-41(23-22-34-30-10-4-8-14-44(30)57-51(34)48)55-42-25-37-31-11-5-7-13-43(31)56-45(37)26-39(42)53-49(33)50(35)55/h4-27,53-54H,1-3H3. The first-order chi connectivity index (χ1) is 28.4. The molecule has 0 unspecified atom stereocenters. The van der Waals surface area contributed by atoms with Crippen molar-refractivity contribution in [1.82, 2.24) is 4.57 Å². The van der Waals surface area contributed by atoms with Gasteiger partial charge >= 0.3 is 0 Å². The number of hydrogen-bond acceptors (Lipinski definition) is 4. The van der Waals surface area contributed by atoms with Gasteiger partial charge in [-0.05, 0) is 88.7 Å². The first kappa shape index (κ1) is 32.3. The number of nitrogens with zero attached hydrogens (tertiary/aromatic N) is 1. The number of aromatic nitrogens is 1. The minimum absolute atomic E-state index is 0.0778. The van der Waals surface area contributed by atoms with Crippen LogP contribution >= 0.6 is 11.3 Å². The van der Waals surface area contributed by atoms with Gasteiger partial charge in [0, 0.05) is 75.2 Å². The Morgan fingerprint density at radius 2 is 1.29 bits per heavy atom. The Bertz CT molecular complexity index is 3720. The molecule has 12 aromatic rings. The molecular weight excluding hydrogens is 727 g/mol. The lowest BCUT2D eigenvalue weighted by molar-refractivity contribution is 0.590. The second-order valence-electron chi connectivity index (χ2n) is 17.0. The summed E-state index contributed by atoms with van der Waals surface area (Å²) in [6, 6.07) is 53.2. The van der Waals surface area contributed by atoms with E-state index in [2.05, 4.69) is 170 Å². The number of anilines is 2. The van der Waals surface area contributed by atoms with E-state index < -0.39 is 0 Å². The van der Waals surface area contributed by atoms with Crippen molar-refractivity contribution in [1.29, 1.82) is 0 Å². The molecule has 0 aliphatic carbocycles. The zero-order chi connectivity index (χ0) is 38.4. The zero-order valence-corrected chi connectivity index (χ0v) is 33.1. The summed E-state index contributed by atoms with van der Waals surface area (Å²) in [6.45, 7) is 6.79.